The van der Waals surface area contributed by atoms with Crippen LogP contribution in [0, 0.1) is 0 Å². The van der Waals surface area contributed by atoms with Gasteiger partial charge in [0.05, 0.1) is 0 Å². The van der Waals surface area contributed by atoms with Gasteiger partial charge >= 0.3 is 11.9 Å². The average Bonchev–Trinajstić information content (AvgIpc) is 2.78. The van der Waals surface area contributed by atoms with E-state index in [0.717, 1.165) is 4.57 Å². The average molecular weight is 301 g/mol. The monoisotopic (exact) mass is 301 g/mol. The Morgan fingerprint density at radius 3 is 2.57 bits per heavy atom. The number of carbonyl (C=O) groups excluding carboxylic acids is 1. The molecule has 112 valence electrons. The van der Waals surface area contributed by atoms with E-state index >= 15 is 0 Å². The molecular weight excluding hydrogens is 291 g/mol. The Balaban J connectivity index is 2.16. The number of hydrogen-bond donors (Lipinski definition) is 1. The van der Waals surface area contributed by atoms with Crippen LogP contribution in [0.3, 0.4) is 0 Å². The number of nitrogens with zero attached hydrogens (tertiary/aromatic N) is 2. The van der Waals surface area contributed by atoms with Gasteiger partial charge in [0.2, 0.25) is 5.91 Å². The summed E-state index contributed by atoms with van der Waals surface area (Å²) in [6, 6.07) is 8.36. The molecule has 0 saturated carbocycles. The lowest BCUT2D eigenvalue weighted by atomic mass is 10.2. The van der Waals surface area contributed by atoms with E-state index < -0.39 is 30.9 Å². The molecule has 1 amide bonds. The number of nitrogens with one attached hydrogen (secondary N) is 1. The first-order chi connectivity index (χ1) is 9.87. The van der Waals surface area contributed by atoms with E-state index in [-0.39, 0.29) is 5.82 Å². The van der Waals surface area contributed by atoms with Crippen LogP contribution < -0.4 is 11.1 Å². The summed E-state index contributed by atoms with van der Waals surface area (Å²) in [5.74, 6) is -1.81. The third-order valence-electron chi connectivity index (χ3n) is 2.51. The lowest BCUT2D eigenvalue weighted by molar-refractivity contribution is -0.138. The van der Waals surface area contributed by atoms with Gasteiger partial charge in [0.15, 0.2) is 5.82 Å². The van der Waals surface area contributed by atoms with Crippen molar-refractivity contribution in [3.05, 3.63) is 40.9 Å². The number of alkyl halides is 3. The first-order valence-corrected chi connectivity index (χ1v) is 5.82. The number of halogens is 3. The van der Waals surface area contributed by atoms with Crippen molar-refractivity contribution in [2.24, 2.45) is 0 Å². The molecular formula is C12H10F3N3O3. The number of carbonyl (C=O) groups is 1. The van der Waals surface area contributed by atoms with Gasteiger partial charge in [-0.2, -0.15) is 13.2 Å². The summed E-state index contributed by atoms with van der Waals surface area (Å²) >= 11 is 0. The second-order valence-electron chi connectivity index (χ2n) is 4.12. The molecule has 1 heterocycles. The Hall–Kier alpha value is -2.58. The minimum absolute atomic E-state index is 0.0720. The molecule has 0 fully saturated rings. The molecule has 1 aromatic heterocycles. The number of hydrogen-bond acceptors (Lipinski definition) is 4. The maximum Gasteiger partial charge on any atom is 0.442 e. The predicted octanol–water partition coefficient (Wildman–Crippen LogP) is 1.18. The lowest BCUT2D eigenvalue weighted by Crippen LogP contribution is -2.37. The van der Waals surface area contributed by atoms with E-state index in [1.807, 2.05) is 0 Å². The Labute approximate surface area is 116 Å². The number of benzene rings is 1. The van der Waals surface area contributed by atoms with Crippen molar-refractivity contribution in [3.63, 3.8) is 0 Å². The van der Waals surface area contributed by atoms with Gasteiger partial charge in [0, 0.05) is 5.56 Å². The SMILES string of the molecule is O=C(Cn1c(-c2ccccc2)noc1=O)NCC(F)(F)F. The van der Waals surface area contributed by atoms with Crippen LogP contribution in [-0.4, -0.2) is 28.4 Å². The number of aromatic nitrogens is 2. The van der Waals surface area contributed by atoms with Crippen molar-refractivity contribution in [2.45, 2.75) is 12.7 Å². The van der Waals surface area contributed by atoms with E-state index in [9.17, 15) is 22.8 Å². The maximum atomic E-state index is 12.0. The second kappa shape index (κ2) is 5.81. The topological polar surface area (TPSA) is 77.1 Å². The van der Waals surface area contributed by atoms with Gasteiger partial charge in [-0.25, -0.2) is 9.36 Å². The van der Waals surface area contributed by atoms with Crippen LogP contribution in [0.2, 0.25) is 0 Å². The minimum Gasteiger partial charge on any atom is -0.345 e. The summed E-state index contributed by atoms with van der Waals surface area (Å²) in [5, 5.41) is 5.19. The van der Waals surface area contributed by atoms with Crippen molar-refractivity contribution in [3.8, 4) is 11.4 Å². The lowest BCUT2D eigenvalue weighted by Gasteiger charge is -2.08. The van der Waals surface area contributed by atoms with Crippen LogP contribution in [0.15, 0.2) is 39.6 Å². The smallest absolute Gasteiger partial charge is 0.345 e. The number of amides is 1. The van der Waals surface area contributed by atoms with Gasteiger partial charge in [-0.1, -0.05) is 35.5 Å². The van der Waals surface area contributed by atoms with Crippen molar-refractivity contribution in [1.29, 1.82) is 0 Å². The van der Waals surface area contributed by atoms with E-state index in [2.05, 4.69) is 9.68 Å². The molecule has 0 unspecified atom stereocenters. The Kier molecular flexibility index (Phi) is 4.10. The highest BCUT2D eigenvalue weighted by atomic mass is 19.4. The standard InChI is InChI=1S/C12H10F3N3O3/c13-12(14,15)7-16-9(19)6-18-10(17-21-11(18)20)8-4-2-1-3-5-8/h1-5H,6-7H2,(H,16,19). The highest BCUT2D eigenvalue weighted by Crippen LogP contribution is 2.15. The van der Waals surface area contributed by atoms with Crippen LogP contribution >= 0.6 is 0 Å². The molecule has 0 aliphatic carbocycles. The fourth-order valence-corrected chi connectivity index (χ4v) is 1.60. The largest absolute Gasteiger partial charge is 0.442 e. The first-order valence-electron chi connectivity index (χ1n) is 5.82. The molecule has 0 saturated heterocycles. The summed E-state index contributed by atoms with van der Waals surface area (Å²) in [6.07, 6.45) is -4.52. The van der Waals surface area contributed by atoms with Crippen LogP contribution in [0.1, 0.15) is 0 Å². The third-order valence-corrected chi connectivity index (χ3v) is 2.51. The van der Waals surface area contributed by atoms with Crippen molar-refractivity contribution in [1.82, 2.24) is 15.0 Å². The zero-order valence-corrected chi connectivity index (χ0v) is 10.6. The normalized spacial score (nSPS) is 11.4. The molecule has 1 N–H and O–H groups in total. The third kappa shape index (κ3) is 3.94. The quantitative estimate of drug-likeness (QED) is 0.920. The molecule has 0 radical (unpaired) electrons. The molecule has 1 aromatic carbocycles. The molecule has 2 aromatic rings. The van der Waals surface area contributed by atoms with Crippen LogP contribution in [0.4, 0.5) is 13.2 Å². The summed E-state index contributed by atoms with van der Waals surface area (Å²) in [5.41, 5.74) is 0.506. The Morgan fingerprint density at radius 1 is 1.29 bits per heavy atom. The van der Waals surface area contributed by atoms with E-state index in [0.29, 0.717) is 5.56 Å². The molecule has 21 heavy (non-hydrogen) atoms. The molecule has 2 rings (SSSR count). The maximum absolute atomic E-state index is 12.0. The van der Waals surface area contributed by atoms with Gasteiger partial charge in [0.1, 0.15) is 13.1 Å². The molecule has 0 aliphatic heterocycles. The summed E-state index contributed by atoms with van der Waals surface area (Å²) < 4.78 is 41.3. The van der Waals surface area contributed by atoms with Crippen molar-refractivity contribution < 1.29 is 22.5 Å². The highest BCUT2D eigenvalue weighted by Gasteiger charge is 2.28. The first kappa shape index (κ1) is 14.8. The van der Waals surface area contributed by atoms with Crippen molar-refractivity contribution >= 4 is 5.91 Å². The van der Waals surface area contributed by atoms with E-state index in [1.165, 1.54) is 0 Å². The fourth-order valence-electron chi connectivity index (χ4n) is 1.60. The van der Waals surface area contributed by atoms with E-state index in [4.69, 9.17) is 0 Å². The minimum atomic E-state index is -4.52. The summed E-state index contributed by atoms with van der Waals surface area (Å²) in [6.45, 7) is -2.07. The summed E-state index contributed by atoms with van der Waals surface area (Å²) in [4.78, 5) is 22.9. The Bertz CT molecular complexity index is 676. The van der Waals surface area contributed by atoms with Gasteiger partial charge in [-0.3, -0.25) is 9.32 Å². The summed E-state index contributed by atoms with van der Waals surface area (Å²) in [7, 11) is 0. The molecule has 9 heteroatoms. The highest BCUT2D eigenvalue weighted by molar-refractivity contribution is 5.76. The van der Waals surface area contributed by atoms with Crippen LogP contribution in [-0.2, 0) is 11.3 Å². The van der Waals surface area contributed by atoms with Crippen LogP contribution in [0.5, 0.6) is 0 Å². The zero-order valence-electron chi connectivity index (χ0n) is 10.6. The van der Waals surface area contributed by atoms with Gasteiger partial charge in [-0.05, 0) is 0 Å². The van der Waals surface area contributed by atoms with E-state index in [1.54, 1.807) is 35.6 Å². The second-order valence-corrected chi connectivity index (χ2v) is 4.12. The predicted molar refractivity (Wildman–Crippen MR) is 65.3 cm³/mol. The fraction of sp³-hybridized carbons (Fsp3) is 0.250. The van der Waals surface area contributed by atoms with Crippen molar-refractivity contribution in [2.75, 3.05) is 6.54 Å². The molecule has 0 spiro atoms. The van der Waals surface area contributed by atoms with Gasteiger partial charge < -0.3 is 5.32 Å². The Morgan fingerprint density at radius 2 is 1.95 bits per heavy atom. The molecule has 0 bridgehead atoms. The van der Waals surface area contributed by atoms with Gasteiger partial charge in [-0.15, -0.1) is 0 Å². The molecule has 0 aliphatic rings. The van der Waals surface area contributed by atoms with Crippen LogP contribution in [0.25, 0.3) is 11.4 Å². The molecule has 0 atom stereocenters. The zero-order chi connectivity index (χ0) is 15.5. The molecule has 6 nitrogen and oxygen atoms in total. The van der Waals surface area contributed by atoms with Gasteiger partial charge in [0.25, 0.3) is 0 Å². The number of rotatable bonds is 4.